The molecular formula is C58H38N4O. The van der Waals surface area contributed by atoms with Gasteiger partial charge in [-0.1, -0.05) is 158 Å². The first-order chi connectivity index (χ1) is 31.2. The second kappa shape index (κ2) is 14.9. The molecule has 0 saturated heterocycles. The summed E-state index contributed by atoms with van der Waals surface area (Å²) in [6.07, 6.45) is 0. The molecule has 2 aromatic heterocycles. The summed E-state index contributed by atoms with van der Waals surface area (Å²) in [4.78, 5) is 17.6. The van der Waals surface area contributed by atoms with E-state index in [0.717, 1.165) is 67.3 Å². The zero-order chi connectivity index (χ0) is 41.7. The van der Waals surface area contributed by atoms with Gasteiger partial charge in [-0.15, -0.1) is 0 Å². The van der Waals surface area contributed by atoms with Crippen molar-refractivity contribution >= 4 is 39.2 Å². The van der Waals surface area contributed by atoms with Crippen LogP contribution in [0, 0.1) is 0 Å². The molecule has 63 heavy (non-hydrogen) atoms. The van der Waals surface area contributed by atoms with Crippen LogP contribution in [0.3, 0.4) is 0 Å². The van der Waals surface area contributed by atoms with Crippen LogP contribution in [0.15, 0.2) is 235 Å². The molecule has 0 N–H and O–H groups in total. The van der Waals surface area contributed by atoms with Crippen molar-refractivity contribution in [2.75, 3.05) is 4.90 Å². The molecule has 0 radical (unpaired) electrons. The van der Waals surface area contributed by atoms with Crippen LogP contribution >= 0.6 is 0 Å². The van der Waals surface area contributed by atoms with Gasteiger partial charge in [0.1, 0.15) is 5.52 Å². The van der Waals surface area contributed by atoms with E-state index in [9.17, 15) is 0 Å². The summed E-state index contributed by atoms with van der Waals surface area (Å²) in [5.41, 5.74) is 17.6. The van der Waals surface area contributed by atoms with Crippen LogP contribution in [-0.4, -0.2) is 15.0 Å². The molecule has 0 amide bonds. The van der Waals surface area contributed by atoms with Crippen LogP contribution in [0.25, 0.3) is 67.2 Å². The molecule has 0 spiro atoms. The molecule has 5 nitrogen and oxygen atoms in total. The minimum Gasteiger partial charge on any atom is -0.436 e. The number of benzene rings is 9. The number of fused-ring (bicyclic) bond motifs is 5. The largest absolute Gasteiger partial charge is 0.436 e. The summed E-state index contributed by atoms with van der Waals surface area (Å²) in [6.45, 7) is 0. The van der Waals surface area contributed by atoms with Crippen molar-refractivity contribution in [2.24, 2.45) is 0 Å². The van der Waals surface area contributed by atoms with Crippen molar-refractivity contribution in [3.63, 3.8) is 0 Å². The lowest BCUT2D eigenvalue weighted by Crippen LogP contribution is -2.28. The fourth-order valence-electron chi connectivity index (χ4n) is 9.54. The normalized spacial score (nSPS) is 12.6. The fourth-order valence-corrected chi connectivity index (χ4v) is 9.54. The standard InChI is InChI=1S/C58H38N4O/c1-5-17-39(18-6-1)55-56(60-52-26-14-13-25-51(52)59-55)40-29-32-45(33-30-40)62(44-23-11-4-12-24-44)46-34-36-48-47-35-31-41(57-61-53-27-15-16-28-54(53)63-57)37-49(47)58(50(48)38-46,42-19-7-2-8-20-42)43-21-9-3-10-22-43/h1-38H. The van der Waals surface area contributed by atoms with Crippen LogP contribution < -0.4 is 4.90 Å². The van der Waals surface area contributed by atoms with Gasteiger partial charge >= 0.3 is 0 Å². The van der Waals surface area contributed by atoms with E-state index in [-0.39, 0.29) is 0 Å². The molecule has 0 aliphatic heterocycles. The van der Waals surface area contributed by atoms with Crippen LogP contribution in [-0.2, 0) is 5.41 Å². The summed E-state index contributed by atoms with van der Waals surface area (Å²) in [6, 6.07) is 81.2. The van der Waals surface area contributed by atoms with E-state index in [4.69, 9.17) is 19.4 Å². The highest BCUT2D eigenvalue weighted by atomic mass is 16.3. The first-order valence-electron chi connectivity index (χ1n) is 21.3. The van der Waals surface area contributed by atoms with Crippen molar-refractivity contribution in [2.45, 2.75) is 5.41 Å². The maximum absolute atomic E-state index is 6.38. The molecule has 296 valence electrons. The van der Waals surface area contributed by atoms with Gasteiger partial charge in [-0.3, -0.25) is 0 Å². The number of hydrogen-bond donors (Lipinski definition) is 0. The van der Waals surface area contributed by atoms with Crippen molar-refractivity contribution in [3.8, 4) is 45.1 Å². The molecule has 0 atom stereocenters. The first-order valence-corrected chi connectivity index (χ1v) is 21.3. The Balaban J connectivity index is 1.04. The van der Waals surface area contributed by atoms with Crippen LogP contribution in [0.2, 0.25) is 0 Å². The van der Waals surface area contributed by atoms with E-state index in [0.29, 0.717) is 5.89 Å². The third kappa shape index (κ3) is 6.05. The van der Waals surface area contributed by atoms with Gasteiger partial charge in [-0.25, -0.2) is 15.0 Å². The molecule has 9 aromatic carbocycles. The zero-order valence-electron chi connectivity index (χ0n) is 34.1. The van der Waals surface area contributed by atoms with E-state index < -0.39 is 5.41 Å². The topological polar surface area (TPSA) is 55.1 Å². The Morgan fingerprint density at radius 3 is 1.43 bits per heavy atom. The van der Waals surface area contributed by atoms with E-state index >= 15 is 0 Å². The average molecular weight is 807 g/mol. The molecule has 0 saturated carbocycles. The third-order valence-corrected chi connectivity index (χ3v) is 12.4. The van der Waals surface area contributed by atoms with Gasteiger partial charge in [0.25, 0.3) is 0 Å². The van der Waals surface area contributed by atoms with Gasteiger partial charge in [-0.05, 0) is 106 Å². The second-order valence-electron chi connectivity index (χ2n) is 16.0. The quantitative estimate of drug-likeness (QED) is 0.153. The van der Waals surface area contributed by atoms with Gasteiger partial charge in [0, 0.05) is 33.8 Å². The van der Waals surface area contributed by atoms with E-state index in [1.54, 1.807) is 0 Å². The Labute approximate surface area is 365 Å². The molecule has 1 aliphatic rings. The van der Waals surface area contributed by atoms with E-state index in [1.807, 2.05) is 66.7 Å². The average Bonchev–Trinajstić information content (AvgIpc) is 3.93. The van der Waals surface area contributed by atoms with Gasteiger partial charge < -0.3 is 9.32 Å². The molecular weight excluding hydrogens is 769 g/mol. The van der Waals surface area contributed by atoms with Crippen molar-refractivity contribution in [1.29, 1.82) is 0 Å². The predicted molar refractivity (Wildman–Crippen MR) is 255 cm³/mol. The number of nitrogens with zero attached hydrogens (tertiary/aromatic N) is 4. The lowest BCUT2D eigenvalue weighted by Gasteiger charge is -2.35. The number of oxazole rings is 1. The number of hydrogen-bond acceptors (Lipinski definition) is 5. The number of para-hydroxylation sites is 5. The SMILES string of the molecule is c1ccc(-c2nc3ccccc3nc2-c2ccc(N(c3ccccc3)c3ccc4c(c3)C(c3ccccc3)(c3ccccc3)c3cc(-c5nc6ccccc6o5)ccc3-4)cc2)cc1. The second-order valence-corrected chi connectivity index (χ2v) is 16.0. The van der Waals surface area contributed by atoms with Gasteiger partial charge in [0.15, 0.2) is 5.58 Å². The summed E-state index contributed by atoms with van der Waals surface area (Å²) in [5.74, 6) is 0.606. The van der Waals surface area contributed by atoms with E-state index in [1.165, 1.54) is 33.4 Å². The number of rotatable bonds is 8. The van der Waals surface area contributed by atoms with Gasteiger partial charge in [0.2, 0.25) is 5.89 Å². The highest BCUT2D eigenvalue weighted by molar-refractivity contribution is 5.92. The van der Waals surface area contributed by atoms with Crippen molar-refractivity contribution < 1.29 is 4.42 Å². The Morgan fingerprint density at radius 2 is 0.810 bits per heavy atom. The maximum atomic E-state index is 6.38. The summed E-state index contributed by atoms with van der Waals surface area (Å²) >= 11 is 0. The minimum atomic E-state index is -0.653. The van der Waals surface area contributed by atoms with Gasteiger partial charge in [0.05, 0.1) is 27.8 Å². The molecule has 0 bridgehead atoms. The Hall–Kier alpha value is -8.41. The Morgan fingerprint density at radius 1 is 0.349 bits per heavy atom. The van der Waals surface area contributed by atoms with Crippen molar-refractivity contribution in [1.82, 2.24) is 15.0 Å². The lowest BCUT2D eigenvalue weighted by atomic mass is 9.67. The minimum absolute atomic E-state index is 0.606. The molecule has 2 heterocycles. The van der Waals surface area contributed by atoms with Gasteiger partial charge in [-0.2, -0.15) is 0 Å². The predicted octanol–water partition coefficient (Wildman–Crippen LogP) is 14.6. The summed E-state index contributed by atoms with van der Waals surface area (Å²) in [5, 5.41) is 0. The molecule has 0 fully saturated rings. The number of aromatic nitrogens is 3. The monoisotopic (exact) mass is 806 g/mol. The molecule has 0 unspecified atom stereocenters. The smallest absolute Gasteiger partial charge is 0.227 e. The van der Waals surface area contributed by atoms with Crippen molar-refractivity contribution in [3.05, 3.63) is 253 Å². The summed E-state index contributed by atoms with van der Waals surface area (Å²) < 4.78 is 6.38. The highest BCUT2D eigenvalue weighted by Gasteiger charge is 2.46. The van der Waals surface area contributed by atoms with Crippen LogP contribution in [0.4, 0.5) is 17.1 Å². The zero-order valence-corrected chi connectivity index (χ0v) is 34.1. The molecule has 12 rings (SSSR count). The summed E-state index contributed by atoms with van der Waals surface area (Å²) in [7, 11) is 0. The maximum Gasteiger partial charge on any atom is 0.227 e. The molecule has 11 aromatic rings. The van der Waals surface area contributed by atoms with Crippen LogP contribution in [0.5, 0.6) is 0 Å². The fraction of sp³-hybridized carbons (Fsp3) is 0.0172. The lowest BCUT2D eigenvalue weighted by molar-refractivity contribution is 0.619. The molecule has 1 aliphatic carbocycles. The van der Waals surface area contributed by atoms with Crippen LogP contribution in [0.1, 0.15) is 22.3 Å². The third-order valence-electron chi connectivity index (χ3n) is 12.4. The molecule has 5 heteroatoms. The highest BCUT2D eigenvalue weighted by Crippen LogP contribution is 2.58. The first kappa shape index (κ1) is 36.4. The number of anilines is 3. The van der Waals surface area contributed by atoms with E-state index in [2.05, 4.69) is 169 Å². The Kier molecular flexibility index (Phi) is 8.64. The Bertz CT molecular complexity index is 3370.